The summed E-state index contributed by atoms with van der Waals surface area (Å²) >= 11 is 0. The van der Waals surface area contributed by atoms with Crippen LogP contribution in [0.1, 0.15) is 37.9 Å². The lowest BCUT2D eigenvalue weighted by Crippen LogP contribution is -2.67. The summed E-state index contributed by atoms with van der Waals surface area (Å²) in [4.78, 5) is 15.9. The smallest absolute Gasteiger partial charge is 0.209 e. The summed E-state index contributed by atoms with van der Waals surface area (Å²) in [7, 11) is 0. The Labute approximate surface area is 193 Å². The Morgan fingerprint density at radius 2 is 1.61 bits per heavy atom. The molecule has 0 spiro atoms. The highest BCUT2D eigenvalue weighted by atomic mass is 16.6. The van der Waals surface area contributed by atoms with Crippen molar-refractivity contribution in [2.24, 2.45) is 23.7 Å². The second kappa shape index (κ2) is 7.41. The molecule has 5 fully saturated rings. The second-order valence-corrected chi connectivity index (χ2v) is 10.5. The molecule has 3 heterocycles. The number of ether oxygens (including phenoxy) is 2. The fourth-order valence-corrected chi connectivity index (χ4v) is 7.90. The van der Waals surface area contributed by atoms with Crippen molar-refractivity contribution in [3.63, 3.8) is 0 Å². The molecule has 2 aromatic rings. The van der Waals surface area contributed by atoms with Gasteiger partial charge in [0.15, 0.2) is 17.3 Å². The van der Waals surface area contributed by atoms with Crippen LogP contribution in [0.3, 0.4) is 0 Å². The Bertz CT molecular complexity index is 1030. The monoisotopic (exact) mass is 450 g/mol. The molecule has 33 heavy (non-hydrogen) atoms. The molecule has 4 aliphatic carbocycles. The number of amides is 1. The van der Waals surface area contributed by atoms with Crippen LogP contribution in [0, 0.1) is 23.7 Å². The van der Waals surface area contributed by atoms with Gasteiger partial charge in [0, 0.05) is 32.2 Å². The van der Waals surface area contributed by atoms with E-state index in [2.05, 4.69) is 15.3 Å². The molecule has 0 N–H and O–H groups in total. The van der Waals surface area contributed by atoms with Crippen LogP contribution in [-0.2, 0) is 10.3 Å². The van der Waals surface area contributed by atoms with Crippen LogP contribution in [0.5, 0.6) is 11.5 Å². The fourth-order valence-electron chi connectivity index (χ4n) is 7.90. The molecule has 4 bridgehead atoms. The molecule has 9 heteroatoms. The molecule has 2 aliphatic heterocycles. The van der Waals surface area contributed by atoms with Gasteiger partial charge in [-0.15, -0.1) is 5.10 Å². The molecule has 1 amide bonds. The van der Waals surface area contributed by atoms with E-state index in [-0.39, 0.29) is 5.54 Å². The first-order valence-electron chi connectivity index (χ1n) is 12.4. The molecule has 0 radical (unpaired) electrons. The number of fused-ring (bicyclic) bond motifs is 1. The predicted molar refractivity (Wildman–Crippen MR) is 118 cm³/mol. The number of carbonyl (C=O) groups is 1. The Morgan fingerprint density at radius 3 is 2.30 bits per heavy atom. The van der Waals surface area contributed by atoms with Crippen LogP contribution >= 0.6 is 0 Å². The van der Waals surface area contributed by atoms with E-state index in [0.29, 0.717) is 25.0 Å². The summed E-state index contributed by atoms with van der Waals surface area (Å²) in [5.41, 5.74) is 0.734. The Hall–Kier alpha value is -2.68. The van der Waals surface area contributed by atoms with Gasteiger partial charge < -0.3 is 14.4 Å². The third-order valence-corrected chi connectivity index (χ3v) is 8.97. The van der Waals surface area contributed by atoms with Crippen LogP contribution in [0.2, 0.25) is 0 Å². The van der Waals surface area contributed by atoms with Crippen molar-refractivity contribution in [1.29, 1.82) is 0 Å². The molecule has 174 valence electrons. The minimum absolute atomic E-state index is 0.181. The maximum absolute atomic E-state index is 11.4. The number of benzene rings is 1. The van der Waals surface area contributed by atoms with Gasteiger partial charge in [-0.05, 0) is 78.3 Å². The number of aromatic nitrogens is 4. The predicted octanol–water partition coefficient (Wildman–Crippen LogP) is 1.86. The number of nitrogens with zero attached hydrogens (tertiary/aromatic N) is 6. The zero-order chi connectivity index (χ0) is 22.0. The largest absolute Gasteiger partial charge is 0.486 e. The van der Waals surface area contributed by atoms with Crippen LogP contribution < -0.4 is 9.47 Å². The highest BCUT2D eigenvalue weighted by molar-refractivity contribution is 5.50. The van der Waals surface area contributed by atoms with Crippen molar-refractivity contribution < 1.29 is 14.3 Å². The standard InChI is InChI=1S/C24H30N6O3/c31-15-28-3-5-29(6-4-28)24(18-10-16-9-17(12-18)13-19(24)11-16)23-25-26-27-30(23)20-1-2-21-22(14-20)33-8-7-32-21/h1-2,14-19H,3-13H2. The van der Waals surface area contributed by atoms with Gasteiger partial charge in [-0.25, -0.2) is 0 Å². The lowest BCUT2D eigenvalue weighted by molar-refractivity contribution is -0.158. The third-order valence-electron chi connectivity index (χ3n) is 8.97. The summed E-state index contributed by atoms with van der Waals surface area (Å²) in [5.74, 6) is 5.28. The van der Waals surface area contributed by atoms with E-state index in [1.807, 2.05) is 27.8 Å². The fraction of sp³-hybridized carbons (Fsp3) is 0.667. The first-order valence-corrected chi connectivity index (χ1v) is 12.4. The van der Waals surface area contributed by atoms with E-state index < -0.39 is 0 Å². The quantitative estimate of drug-likeness (QED) is 0.657. The van der Waals surface area contributed by atoms with Crippen LogP contribution in [-0.4, -0.2) is 75.8 Å². The number of rotatable bonds is 4. The van der Waals surface area contributed by atoms with E-state index in [4.69, 9.17) is 14.6 Å². The van der Waals surface area contributed by atoms with Crippen molar-refractivity contribution >= 4 is 6.41 Å². The molecular weight excluding hydrogens is 420 g/mol. The highest BCUT2D eigenvalue weighted by Crippen LogP contribution is 2.63. The van der Waals surface area contributed by atoms with Crippen molar-refractivity contribution in [3.05, 3.63) is 24.0 Å². The van der Waals surface area contributed by atoms with Gasteiger partial charge in [0.1, 0.15) is 13.2 Å². The SMILES string of the molecule is O=CN1CCN(C2(c3nnnn3-c3ccc4c(c3)OCCO4)C3CC4CC(C3)CC2C4)CC1. The number of hydrogen-bond acceptors (Lipinski definition) is 7. The number of tetrazole rings is 1. The summed E-state index contributed by atoms with van der Waals surface area (Å²) in [6, 6.07) is 5.99. The average molecular weight is 451 g/mol. The van der Waals surface area contributed by atoms with E-state index in [1.165, 1.54) is 32.1 Å². The first-order chi connectivity index (χ1) is 16.3. The van der Waals surface area contributed by atoms with Crippen LogP contribution in [0.4, 0.5) is 0 Å². The number of hydrogen-bond donors (Lipinski definition) is 0. The zero-order valence-corrected chi connectivity index (χ0v) is 18.8. The average Bonchev–Trinajstić information content (AvgIpc) is 3.34. The molecule has 0 unspecified atom stereocenters. The van der Waals surface area contributed by atoms with E-state index >= 15 is 0 Å². The second-order valence-electron chi connectivity index (χ2n) is 10.5. The molecular formula is C24H30N6O3. The molecule has 1 aromatic carbocycles. The zero-order valence-electron chi connectivity index (χ0n) is 18.8. The van der Waals surface area contributed by atoms with Gasteiger partial charge in [-0.1, -0.05) is 0 Å². The van der Waals surface area contributed by atoms with Crippen molar-refractivity contribution in [2.75, 3.05) is 39.4 Å². The normalized spacial score (nSPS) is 35.1. The maximum atomic E-state index is 11.4. The van der Waals surface area contributed by atoms with Gasteiger partial charge in [-0.3, -0.25) is 9.69 Å². The third kappa shape index (κ3) is 2.87. The Kier molecular flexibility index (Phi) is 4.44. The molecule has 4 saturated carbocycles. The van der Waals surface area contributed by atoms with Crippen molar-refractivity contribution in [3.8, 4) is 17.2 Å². The number of piperazine rings is 1. The number of carbonyl (C=O) groups excluding carboxylic acids is 1. The van der Waals surface area contributed by atoms with Crippen LogP contribution in [0.25, 0.3) is 5.69 Å². The highest BCUT2D eigenvalue weighted by Gasteiger charge is 2.63. The van der Waals surface area contributed by atoms with Gasteiger partial charge in [0.2, 0.25) is 6.41 Å². The van der Waals surface area contributed by atoms with Gasteiger partial charge >= 0.3 is 0 Å². The minimum atomic E-state index is -0.181. The molecule has 8 rings (SSSR count). The van der Waals surface area contributed by atoms with Gasteiger partial charge in [0.05, 0.1) is 11.2 Å². The summed E-state index contributed by atoms with van der Waals surface area (Å²) < 4.78 is 13.5. The van der Waals surface area contributed by atoms with Gasteiger partial charge in [-0.2, -0.15) is 4.68 Å². The van der Waals surface area contributed by atoms with E-state index in [1.54, 1.807) is 0 Å². The molecule has 1 aromatic heterocycles. The summed E-state index contributed by atoms with van der Waals surface area (Å²) in [6.07, 6.45) is 7.42. The topological polar surface area (TPSA) is 85.6 Å². The molecule has 0 atom stereocenters. The lowest BCUT2D eigenvalue weighted by Gasteiger charge is -2.64. The molecule has 9 nitrogen and oxygen atoms in total. The van der Waals surface area contributed by atoms with E-state index in [9.17, 15) is 4.79 Å². The lowest BCUT2D eigenvalue weighted by atomic mass is 9.47. The molecule has 1 saturated heterocycles. The summed E-state index contributed by atoms with van der Waals surface area (Å²) in [5, 5.41) is 13.5. The maximum Gasteiger partial charge on any atom is 0.209 e. The van der Waals surface area contributed by atoms with Crippen molar-refractivity contribution in [2.45, 2.75) is 37.6 Å². The minimum Gasteiger partial charge on any atom is -0.486 e. The van der Waals surface area contributed by atoms with E-state index in [0.717, 1.165) is 67.4 Å². The summed E-state index contributed by atoms with van der Waals surface area (Å²) in [6.45, 7) is 4.40. The Morgan fingerprint density at radius 1 is 0.909 bits per heavy atom. The first kappa shape index (κ1) is 19.8. The molecule has 6 aliphatic rings. The Balaban J connectivity index is 1.34. The van der Waals surface area contributed by atoms with Gasteiger partial charge in [0.25, 0.3) is 0 Å². The van der Waals surface area contributed by atoms with Crippen molar-refractivity contribution in [1.82, 2.24) is 30.0 Å². The van der Waals surface area contributed by atoms with Crippen LogP contribution in [0.15, 0.2) is 18.2 Å².